The fourth-order valence-corrected chi connectivity index (χ4v) is 2.70. The van der Waals surface area contributed by atoms with Crippen LogP contribution in [0.3, 0.4) is 0 Å². The number of methoxy groups -OCH3 is 1. The van der Waals surface area contributed by atoms with Crippen molar-refractivity contribution < 1.29 is 19.1 Å². The van der Waals surface area contributed by atoms with Crippen LogP contribution in [0.4, 0.5) is 0 Å². The van der Waals surface area contributed by atoms with Gasteiger partial charge in [0.1, 0.15) is 11.3 Å². The van der Waals surface area contributed by atoms with E-state index in [1.165, 1.54) is 13.4 Å². The van der Waals surface area contributed by atoms with Gasteiger partial charge in [-0.2, -0.15) is 0 Å². The summed E-state index contributed by atoms with van der Waals surface area (Å²) in [5.74, 6) is 0.202. The number of rotatable bonds is 4. The zero-order valence-electron chi connectivity index (χ0n) is 11.5. The molecule has 1 saturated carbocycles. The van der Waals surface area contributed by atoms with Gasteiger partial charge in [0.25, 0.3) is 0 Å². The molecule has 19 heavy (non-hydrogen) atoms. The minimum atomic E-state index is -0.388. The summed E-state index contributed by atoms with van der Waals surface area (Å²) in [4.78, 5) is 13.6. The molecule has 0 aliphatic heterocycles. The quantitative estimate of drug-likeness (QED) is 0.843. The third-order valence-corrected chi connectivity index (χ3v) is 3.80. The van der Waals surface area contributed by atoms with E-state index in [1.807, 2.05) is 7.05 Å². The third-order valence-electron chi connectivity index (χ3n) is 3.80. The molecule has 2 rings (SSSR count). The van der Waals surface area contributed by atoms with Crippen LogP contribution in [0.1, 0.15) is 41.8 Å². The molecule has 1 aliphatic carbocycles. The Balaban J connectivity index is 2.04. The molecule has 0 radical (unpaired) electrons. The standard InChI is InChI=1S/C14H21NO4/c1-15(11-5-3-4-6-12(11)16)9-13-10(7-8-19-13)14(17)18-2/h7-8,11-12,16H,3-6,9H2,1-2H3. The number of nitrogens with zero attached hydrogens (tertiary/aromatic N) is 1. The zero-order chi connectivity index (χ0) is 13.8. The van der Waals surface area contributed by atoms with Crippen LogP contribution in [-0.2, 0) is 11.3 Å². The summed E-state index contributed by atoms with van der Waals surface area (Å²) in [6.07, 6.45) is 5.24. The van der Waals surface area contributed by atoms with Crippen molar-refractivity contribution in [3.63, 3.8) is 0 Å². The number of hydrogen-bond acceptors (Lipinski definition) is 5. The van der Waals surface area contributed by atoms with Crippen LogP contribution < -0.4 is 0 Å². The molecule has 1 heterocycles. The van der Waals surface area contributed by atoms with Gasteiger partial charge in [-0.1, -0.05) is 12.8 Å². The molecule has 1 aromatic heterocycles. The Kier molecular flexibility index (Phi) is 4.61. The van der Waals surface area contributed by atoms with Gasteiger partial charge >= 0.3 is 5.97 Å². The summed E-state index contributed by atoms with van der Waals surface area (Å²) in [6, 6.07) is 1.75. The van der Waals surface area contributed by atoms with E-state index in [4.69, 9.17) is 9.15 Å². The number of carbonyl (C=O) groups excluding carboxylic acids is 1. The van der Waals surface area contributed by atoms with Gasteiger partial charge in [-0.25, -0.2) is 4.79 Å². The van der Waals surface area contributed by atoms with Crippen molar-refractivity contribution in [3.8, 4) is 0 Å². The fraction of sp³-hybridized carbons (Fsp3) is 0.643. The minimum Gasteiger partial charge on any atom is -0.467 e. The summed E-state index contributed by atoms with van der Waals surface area (Å²) in [6.45, 7) is 0.499. The number of esters is 1. The summed E-state index contributed by atoms with van der Waals surface area (Å²) < 4.78 is 10.1. The summed E-state index contributed by atoms with van der Waals surface area (Å²) >= 11 is 0. The molecule has 1 aliphatic rings. The lowest BCUT2D eigenvalue weighted by atomic mass is 9.91. The van der Waals surface area contributed by atoms with Gasteiger partial charge in [-0.15, -0.1) is 0 Å². The number of aliphatic hydroxyl groups is 1. The normalized spacial score (nSPS) is 23.6. The maximum absolute atomic E-state index is 11.6. The Bertz CT molecular complexity index is 429. The highest BCUT2D eigenvalue weighted by atomic mass is 16.5. The summed E-state index contributed by atoms with van der Waals surface area (Å²) in [5, 5.41) is 10.0. The highest BCUT2D eigenvalue weighted by molar-refractivity contribution is 5.90. The molecule has 0 saturated heterocycles. The largest absolute Gasteiger partial charge is 0.467 e. The fourth-order valence-electron chi connectivity index (χ4n) is 2.70. The van der Waals surface area contributed by atoms with Crippen molar-refractivity contribution in [2.24, 2.45) is 0 Å². The number of hydrogen-bond donors (Lipinski definition) is 1. The second-order valence-corrected chi connectivity index (χ2v) is 5.08. The third kappa shape index (κ3) is 3.16. The number of likely N-dealkylation sites (N-methyl/N-ethyl adjacent to an activating group) is 1. The summed E-state index contributed by atoms with van der Waals surface area (Å²) in [5.41, 5.74) is 0.458. The second-order valence-electron chi connectivity index (χ2n) is 5.08. The maximum atomic E-state index is 11.6. The average molecular weight is 267 g/mol. The first-order valence-corrected chi connectivity index (χ1v) is 6.66. The van der Waals surface area contributed by atoms with E-state index in [9.17, 15) is 9.90 Å². The summed E-state index contributed by atoms with van der Waals surface area (Å²) in [7, 11) is 3.30. The van der Waals surface area contributed by atoms with Crippen LogP contribution in [0.5, 0.6) is 0 Å². The van der Waals surface area contributed by atoms with Crippen molar-refractivity contribution >= 4 is 5.97 Å². The molecule has 0 bridgehead atoms. The van der Waals surface area contributed by atoms with Crippen LogP contribution in [0, 0.1) is 0 Å². The van der Waals surface area contributed by atoms with Gasteiger partial charge in [0.15, 0.2) is 0 Å². The second kappa shape index (κ2) is 6.21. The SMILES string of the molecule is COC(=O)c1ccoc1CN(C)C1CCCCC1O. The van der Waals surface area contributed by atoms with E-state index >= 15 is 0 Å². The van der Waals surface area contributed by atoms with Gasteiger partial charge in [-0.3, -0.25) is 4.90 Å². The lowest BCUT2D eigenvalue weighted by Gasteiger charge is -2.34. The molecule has 2 unspecified atom stereocenters. The van der Waals surface area contributed by atoms with Gasteiger partial charge in [0, 0.05) is 6.04 Å². The van der Waals surface area contributed by atoms with E-state index < -0.39 is 0 Å². The lowest BCUT2D eigenvalue weighted by Crippen LogP contribution is -2.43. The Morgan fingerprint density at radius 1 is 1.53 bits per heavy atom. The highest BCUT2D eigenvalue weighted by Gasteiger charge is 2.28. The number of aliphatic hydroxyl groups excluding tert-OH is 1. The molecule has 0 aromatic carbocycles. The predicted octanol–water partition coefficient (Wildman–Crippen LogP) is 1.80. The molecular weight excluding hydrogens is 246 g/mol. The topological polar surface area (TPSA) is 62.9 Å². The van der Waals surface area contributed by atoms with Crippen molar-refractivity contribution in [3.05, 3.63) is 23.7 Å². The molecule has 0 spiro atoms. The first-order valence-electron chi connectivity index (χ1n) is 6.66. The molecule has 5 nitrogen and oxygen atoms in total. The molecular formula is C14H21NO4. The average Bonchev–Trinajstić information content (AvgIpc) is 2.86. The number of ether oxygens (including phenoxy) is 1. The zero-order valence-corrected chi connectivity index (χ0v) is 11.5. The van der Waals surface area contributed by atoms with Crippen LogP contribution in [-0.4, -0.2) is 42.3 Å². The minimum absolute atomic E-state index is 0.129. The molecule has 5 heteroatoms. The van der Waals surface area contributed by atoms with Crippen LogP contribution in [0.2, 0.25) is 0 Å². The number of carbonyl (C=O) groups is 1. The van der Waals surface area contributed by atoms with Crippen LogP contribution in [0.15, 0.2) is 16.7 Å². The van der Waals surface area contributed by atoms with Crippen LogP contribution >= 0.6 is 0 Å². The Morgan fingerprint density at radius 2 is 2.26 bits per heavy atom. The van der Waals surface area contributed by atoms with Gasteiger partial charge in [0.2, 0.25) is 0 Å². The Labute approximate surface area is 113 Å². The first kappa shape index (κ1) is 14.1. The molecule has 0 amide bonds. The van der Waals surface area contributed by atoms with Gasteiger partial charge in [0.05, 0.1) is 26.0 Å². The van der Waals surface area contributed by atoms with E-state index in [0.29, 0.717) is 17.9 Å². The molecule has 2 atom stereocenters. The first-order chi connectivity index (χ1) is 9.13. The van der Waals surface area contributed by atoms with Crippen molar-refractivity contribution in [2.45, 2.75) is 44.4 Å². The monoisotopic (exact) mass is 267 g/mol. The van der Waals surface area contributed by atoms with Crippen molar-refractivity contribution in [1.29, 1.82) is 0 Å². The maximum Gasteiger partial charge on any atom is 0.341 e. The number of furan rings is 1. The molecule has 1 N–H and O–H groups in total. The van der Waals surface area contributed by atoms with E-state index in [-0.39, 0.29) is 18.1 Å². The van der Waals surface area contributed by atoms with Gasteiger partial charge < -0.3 is 14.3 Å². The van der Waals surface area contributed by atoms with Crippen LogP contribution in [0.25, 0.3) is 0 Å². The lowest BCUT2D eigenvalue weighted by molar-refractivity contribution is 0.0259. The van der Waals surface area contributed by atoms with Crippen molar-refractivity contribution in [1.82, 2.24) is 4.90 Å². The smallest absolute Gasteiger partial charge is 0.341 e. The van der Waals surface area contributed by atoms with Crippen molar-refractivity contribution in [2.75, 3.05) is 14.2 Å². The molecule has 106 valence electrons. The highest BCUT2D eigenvalue weighted by Crippen LogP contribution is 2.24. The van der Waals surface area contributed by atoms with Gasteiger partial charge in [-0.05, 0) is 26.0 Å². The molecule has 1 fully saturated rings. The Hall–Kier alpha value is -1.33. The molecule has 1 aromatic rings. The predicted molar refractivity (Wildman–Crippen MR) is 69.8 cm³/mol. The Morgan fingerprint density at radius 3 is 2.95 bits per heavy atom. The van der Waals surface area contributed by atoms with E-state index in [1.54, 1.807) is 6.07 Å². The van der Waals surface area contributed by atoms with E-state index in [0.717, 1.165) is 25.7 Å². The van der Waals surface area contributed by atoms with E-state index in [2.05, 4.69) is 4.90 Å².